The largest absolute Gasteiger partial charge is 0.493 e. The van der Waals surface area contributed by atoms with E-state index in [4.69, 9.17) is 9.47 Å². The van der Waals surface area contributed by atoms with Crippen molar-refractivity contribution < 1.29 is 14.3 Å². The fraction of sp³-hybridized carbons (Fsp3) is 0.211. The summed E-state index contributed by atoms with van der Waals surface area (Å²) in [6, 6.07) is 13.2. The highest BCUT2D eigenvalue weighted by atomic mass is 16.5. The molecule has 2 aromatic carbocycles. The predicted octanol–water partition coefficient (Wildman–Crippen LogP) is 4.05. The molecule has 0 unspecified atom stereocenters. The Hall–Kier alpha value is -2.75. The van der Waals surface area contributed by atoms with Gasteiger partial charge in [0.15, 0.2) is 11.5 Å². The first kappa shape index (κ1) is 16.6. The molecule has 0 saturated carbocycles. The number of anilines is 1. The quantitative estimate of drug-likeness (QED) is 0.819. The van der Waals surface area contributed by atoms with Crippen LogP contribution in [0.1, 0.15) is 18.1 Å². The normalized spacial score (nSPS) is 10.6. The van der Waals surface area contributed by atoms with E-state index < -0.39 is 0 Å². The van der Waals surface area contributed by atoms with E-state index in [-0.39, 0.29) is 5.91 Å². The molecular formula is C19H21NO3. The van der Waals surface area contributed by atoms with Crippen molar-refractivity contribution in [3.05, 3.63) is 59.7 Å². The average Bonchev–Trinajstić information content (AvgIpc) is 2.56. The Labute approximate surface area is 136 Å². The van der Waals surface area contributed by atoms with Crippen LogP contribution in [0.15, 0.2) is 48.5 Å². The van der Waals surface area contributed by atoms with Gasteiger partial charge in [-0.25, -0.2) is 0 Å². The van der Waals surface area contributed by atoms with Crippen molar-refractivity contribution in [3.8, 4) is 11.5 Å². The van der Waals surface area contributed by atoms with Crippen LogP contribution in [-0.2, 0) is 4.79 Å². The molecule has 0 saturated heterocycles. The van der Waals surface area contributed by atoms with Crippen molar-refractivity contribution in [2.24, 2.45) is 0 Å². The maximum absolute atomic E-state index is 11.9. The van der Waals surface area contributed by atoms with E-state index in [2.05, 4.69) is 5.32 Å². The van der Waals surface area contributed by atoms with Gasteiger partial charge in [-0.2, -0.15) is 0 Å². The average molecular weight is 311 g/mol. The van der Waals surface area contributed by atoms with E-state index in [1.54, 1.807) is 13.2 Å². The summed E-state index contributed by atoms with van der Waals surface area (Å²) in [6.07, 6.45) is 3.23. The van der Waals surface area contributed by atoms with Gasteiger partial charge in [0.1, 0.15) is 0 Å². The van der Waals surface area contributed by atoms with Crippen molar-refractivity contribution in [3.63, 3.8) is 0 Å². The van der Waals surface area contributed by atoms with E-state index >= 15 is 0 Å². The maximum atomic E-state index is 11.9. The van der Waals surface area contributed by atoms with Crippen LogP contribution < -0.4 is 14.8 Å². The molecule has 0 aliphatic rings. The number of benzene rings is 2. The third kappa shape index (κ3) is 4.88. The highest BCUT2D eigenvalue weighted by Gasteiger charge is 2.04. The Kier molecular flexibility index (Phi) is 5.80. The summed E-state index contributed by atoms with van der Waals surface area (Å²) in [5.41, 5.74) is 2.79. The molecular weight excluding hydrogens is 290 g/mol. The molecule has 0 fully saturated rings. The van der Waals surface area contributed by atoms with E-state index in [1.807, 2.05) is 56.3 Å². The molecule has 1 amide bonds. The molecule has 2 rings (SSSR count). The predicted molar refractivity (Wildman–Crippen MR) is 93.0 cm³/mol. The van der Waals surface area contributed by atoms with Gasteiger partial charge in [-0.3, -0.25) is 4.79 Å². The van der Waals surface area contributed by atoms with Gasteiger partial charge in [0.2, 0.25) is 5.91 Å². The Bertz CT molecular complexity index is 690. The zero-order valence-corrected chi connectivity index (χ0v) is 13.6. The molecule has 1 N–H and O–H groups in total. The number of carbonyl (C=O) groups excluding carboxylic acids is 1. The summed E-state index contributed by atoms with van der Waals surface area (Å²) >= 11 is 0. The first-order valence-electron chi connectivity index (χ1n) is 7.49. The van der Waals surface area contributed by atoms with Gasteiger partial charge in [-0.1, -0.05) is 23.8 Å². The molecule has 0 radical (unpaired) electrons. The van der Waals surface area contributed by atoms with Crippen LogP contribution in [0.3, 0.4) is 0 Å². The number of amides is 1. The zero-order valence-electron chi connectivity index (χ0n) is 13.6. The highest BCUT2D eigenvalue weighted by Crippen LogP contribution is 2.28. The number of hydrogen-bond acceptors (Lipinski definition) is 3. The molecule has 2 aromatic rings. The number of methoxy groups -OCH3 is 1. The minimum Gasteiger partial charge on any atom is -0.493 e. The van der Waals surface area contributed by atoms with Crippen LogP contribution in [0.25, 0.3) is 6.08 Å². The lowest BCUT2D eigenvalue weighted by atomic mass is 10.2. The van der Waals surface area contributed by atoms with E-state index in [0.717, 1.165) is 16.8 Å². The van der Waals surface area contributed by atoms with Crippen molar-refractivity contribution in [1.29, 1.82) is 0 Å². The number of ether oxygens (including phenoxy) is 2. The van der Waals surface area contributed by atoms with E-state index in [0.29, 0.717) is 18.1 Å². The monoisotopic (exact) mass is 311 g/mol. The molecule has 0 bridgehead atoms. The first-order valence-corrected chi connectivity index (χ1v) is 7.49. The molecule has 4 nitrogen and oxygen atoms in total. The van der Waals surface area contributed by atoms with Crippen molar-refractivity contribution in [2.75, 3.05) is 19.0 Å². The summed E-state index contributed by atoms with van der Waals surface area (Å²) in [5.74, 6) is 1.16. The third-order valence-electron chi connectivity index (χ3n) is 3.23. The summed E-state index contributed by atoms with van der Waals surface area (Å²) in [5, 5.41) is 2.82. The Morgan fingerprint density at radius 2 is 1.87 bits per heavy atom. The standard InChI is InChI=1S/C19H21NO3/c1-4-23-17-11-7-15(13-18(17)22-3)8-12-19(21)20-16-9-5-14(2)6-10-16/h5-13H,4H2,1-3H3,(H,20,21)/b12-8+. The molecule has 0 spiro atoms. The van der Waals surface area contributed by atoms with Crippen LogP contribution in [0, 0.1) is 6.92 Å². The summed E-state index contributed by atoms with van der Waals surface area (Å²) in [6.45, 7) is 4.50. The third-order valence-corrected chi connectivity index (χ3v) is 3.23. The lowest BCUT2D eigenvalue weighted by Gasteiger charge is -2.09. The van der Waals surface area contributed by atoms with Gasteiger partial charge in [0, 0.05) is 11.8 Å². The van der Waals surface area contributed by atoms with Gasteiger partial charge < -0.3 is 14.8 Å². The molecule has 0 aliphatic heterocycles. The first-order chi connectivity index (χ1) is 11.1. The molecule has 120 valence electrons. The number of carbonyl (C=O) groups is 1. The van der Waals surface area contributed by atoms with E-state index in [1.165, 1.54) is 6.08 Å². The highest BCUT2D eigenvalue weighted by molar-refractivity contribution is 6.01. The Balaban J connectivity index is 2.04. The fourth-order valence-electron chi connectivity index (χ4n) is 2.06. The Morgan fingerprint density at radius 1 is 1.13 bits per heavy atom. The summed E-state index contributed by atoms with van der Waals surface area (Å²) in [7, 11) is 1.59. The van der Waals surface area contributed by atoms with Gasteiger partial charge in [0.25, 0.3) is 0 Å². The minimum atomic E-state index is -0.179. The molecule has 4 heteroatoms. The number of rotatable bonds is 6. The smallest absolute Gasteiger partial charge is 0.248 e. The zero-order chi connectivity index (χ0) is 16.7. The second-order valence-corrected chi connectivity index (χ2v) is 5.03. The van der Waals surface area contributed by atoms with Crippen LogP contribution in [-0.4, -0.2) is 19.6 Å². The van der Waals surface area contributed by atoms with Gasteiger partial charge >= 0.3 is 0 Å². The second-order valence-electron chi connectivity index (χ2n) is 5.03. The molecule has 23 heavy (non-hydrogen) atoms. The van der Waals surface area contributed by atoms with Crippen LogP contribution in [0.4, 0.5) is 5.69 Å². The summed E-state index contributed by atoms with van der Waals surface area (Å²) < 4.78 is 10.8. The van der Waals surface area contributed by atoms with Gasteiger partial charge in [-0.15, -0.1) is 0 Å². The van der Waals surface area contributed by atoms with Crippen molar-refractivity contribution >= 4 is 17.7 Å². The summed E-state index contributed by atoms with van der Waals surface area (Å²) in [4.78, 5) is 11.9. The number of nitrogens with one attached hydrogen (secondary N) is 1. The lowest BCUT2D eigenvalue weighted by Crippen LogP contribution is -2.07. The lowest BCUT2D eigenvalue weighted by molar-refractivity contribution is -0.111. The maximum Gasteiger partial charge on any atom is 0.248 e. The van der Waals surface area contributed by atoms with Crippen molar-refractivity contribution in [1.82, 2.24) is 0 Å². The van der Waals surface area contributed by atoms with Crippen LogP contribution >= 0.6 is 0 Å². The van der Waals surface area contributed by atoms with E-state index in [9.17, 15) is 4.79 Å². The molecule has 0 atom stereocenters. The number of hydrogen-bond donors (Lipinski definition) is 1. The van der Waals surface area contributed by atoms with Crippen molar-refractivity contribution in [2.45, 2.75) is 13.8 Å². The topological polar surface area (TPSA) is 47.6 Å². The number of aryl methyl sites for hydroxylation is 1. The SMILES string of the molecule is CCOc1ccc(/C=C/C(=O)Nc2ccc(C)cc2)cc1OC. The molecule has 0 aromatic heterocycles. The fourth-order valence-corrected chi connectivity index (χ4v) is 2.06. The van der Waals surface area contributed by atoms with Gasteiger partial charge in [0.05, 0.1) is 13.7 Å². The van der Waals surface area contributed by atoms with Gasteiger partial charge in [-0.05, 0) is 49.8 Å². The van der Waals surface area contributed by atoms with Crippen LogP contribution in [0.2, 0.25) is 0 Å². The minimum absolute atomic E-state index is 0.179. The second kappa shape index (κ2) is 8.03. The molecule has 0 aliphatic carbocycles. The van der Waals surface area contributed by atoms with Crippen LogP contribution in [0.5, 0.6) is 11.5 Å². The Morgan fingerprint density at radius 3 is 2.52 bits per heavy atom. The molecule has 0 heterocycles.